The van der Waals surface area contributed by atoms with Crippen molar-refractivity contribution in [2.24, 2.45) is 0 Å². The Hall–Kier alpha value is -2.48. The van der Waals surface area contributed by atoms with Gasteiger partial charge >= 0.3 is 0 Å². The molecule has 0 aliphatic carbocycles. The lowest BCUT2D eigenvalue weighted by atomic mass is 10.1. The number of rotatable bonds is 5. The smallest absolute Gasteiger partial charge is 0.271 e. The van der Waals surface area contributed by atoms with Crippen LogP contribution in [-0.4, -0.2) is 54.9 Å². The highest BCUT2D eigenvalue weighted by Gasteiger charge is 2.31. The van der Waals surface area contributed by atoms with E-state index in [2.05, 4.69) is 5.32 Å². The summed E-state index contributed by atoms with van der Waals surface area (Å²) in [5.41, 5.74) is 1.39. The van der Waals surface area contributed by atoms with Crippen molar-refractivity contribution in [3.63, 3.8) is 0 Å². The van der Waals surface area contributed by atoms with E-state index in [4.69, 9.17) is 0 Å². The van der Waals surface area contributed by atoms with Gasteiger partial charge in [-0.3, -0.25) is 19.7 Å². The number of non-ortho nitro benzene ring substituents is 1. The number of hydrogen-bond acceptors (Lipinski definition) is 5. The van der Waals surface area contributed by atoms with Crippen molar-refractivity contribution in [2.45, 2.75) is 25.8 Å². The molecule has 1 atom stereocenters. The molecule has 0 spiro atoms. The Bertz CT molecular complexity index is 659. The number of carbonyl (C=O) groups excluding carboxylic acids is 2. The third kappa shape index (κ3) is 3.88. The number of anilines is 1. The van der Waals surface area contributed by atoms with Gasteiger partial charge < -0.3 is 15.1 Å². The van der Waals surface area contributed by atoms with Crippen LogP contribution in [0.25, 0.3) is 0 Å². The van der Waals surface area contributed by atoms with E-state index in [-0.39, 0.29) is 24.0 Å². The highest BCUT2D eigenvalue weighted by Crippen LogP contribution is 2.30. The van der Waals surface area contributed by atoms with E-state index in [1.54, 1.807) is 25.1 Å². The second-order valence-electron chi connectivity index (χ2n) is 6.05. The molecule has 8 nitrogen and oxygen atoms in total. The number of amides is 2. The summed E-state index contributed by atoms with van der Waals surface area (Å²) in [6.07, 6.45) is 1.04. The number of carbonyl (C=O) groups is 2. The van der Waals surface area contributed by atoms with Crippen LogP contribution in [-0.2, 0) is 16.0 Å². The molecule has 0 saturated carbocycles. The summed E-state index contributed by atoms with van der Waals surface area (Å²) in [5, 5.41) is 13.8. The van der Waals surface area contributed by atoms with Gasteiger partial charge in [0, 0.05) is 18.7 Å². The summed E-state index contributed by atoms with van der Waals surface area (Å²) in [4.78, 5) is 38.5. The normalized spacial score (nSPS) is 17.4. The number of fused-ring (bicyclic) bond motifs is 1. The molecule has 8 heteroatoms. The van der Waals surface area contributed by atoms with Gasteiger partial charge in [-0.25, -0.2) is 0 Å². The van der Waals surface area contributed by atoms with Gasteiger partial charge in [0.1, 0.15) is 6.04 Å². The highest BCUT2D eigenvalue weighted by molar-refractivity contribution is 6.00. The monoisotopic (exact) mass is 334 g/mol. The van der Waals surface area contributed by atoms with Crippen molar-refractivity contribution >= 4 is 23.2 Å². The van der Waals surface area contributed by atoms with Crippen molar-refractivity contribution in [3.05, 3.63) is 33.9 Å². The highest BCUT2D eigenvalue weighted by atomic mass is 16.6. The van der Waals surface area contributed by atoms with E-state index in [9.17, 15) is 19.7 Å². The van der Waals surface area contributed by atoms with Gasteiger partial charge in [-0.05, 0) is 39.4 Å². The summed E-state index contributed by atoms with van der Waals surface area (Å²) in [6.45, 7) is 2.39. The van der Waals surface area contributed by atoms with Gasteiger partial charge in [0.2, 0.25) is 11.8 Å². The Morgan fingerprint density at radius 3 is 2.75 bits per heavy atom. The van der Waals surface area contributed by atoms with Gasteiger partial charge in [-0.2, -0.15) is 0 Å². The molecule has 0 radical (unpaired) electrons. The molecule has 0 saturated heterocycles. The van der Waals surface area contributed by atoms with Crippen LogP contribution in [0.1, 0.15) is 18.9 Å². The number of likely N-dealkylation sites (N-methyl/N-ethyl adjacent to an activating group) is 2. The van der Waals surface area contributed by atoms with Gasteiger partial charge in [0.25, 0.3) is 5.69 Å². The fraction of sp³-hybridized carbons (Fsp3) is 0.500. The molecule has 0 aromatic heterocycles. The van der Waals surface area contributed by atoms with E-state index in [1.807, 2.05) is 6.92 Å². The van der Waals surface area contributed by atoms with Crippen LogP contribution in [0.15, 0.2) is 18.2 Å². The minimum absolute atomic E-state index is 0.0462. The Balaban J connectivity index is 2.28. The largest absolute Gasteiger partial charge is 0.343 e. The predicted octanol–water partition coefficient (Wildman–Crippen LogP) is 0.940. The fourth-order valence-electron chi connectivity index (χ4n) is 2.85. The molecule has 130 valence electrons. The van der Waals surface area contributed by atoms with E-state index in [0.717, 1.165) is 5.56 Å². The number of aryl methyl sites for hydroxylation is 1. The van der Waals surface area contributed by atoms with E-state index >= 15 is 0 Å². The van der Waals surface area contributed by atoms with Gasteiger partial charge in [-0.1, -0.05) is 6.07 Å². The van der Waals surface area contributed by atoms with Crippen molar-refractivity contribution in [2.75, 3.05) is 32.1 Å². The summed E-state index contributed by atoms with van der Waals surface area (Å²) in [6, 6.07) is 3.94. The Labute approximate surface area is 140 Å². The van der Waals surface area contributed by atoms with Gasteiger partial charge in [0.05, 0.1) is 17.2 Å². The lowest BCUT2D eigenvalue weighted by Crippen LogP contribution is -2.49. The first-order valence-corrected chi connectivity index (χ1v) is 7.86. The quantitative estimate of drug-likeness (QED) is 0.639. The van der Waals surface area contributed by atoms with Gasteiger partial charge in [-0.15, -0.1) is 0 Å². The summed E-state index contributed by atoms with van der Waals surface area (Å²) < 4.78 is 0. The lowest BCUT2D eigenvalue weighted by molar-refractivity contribution is -0.384. The SMILES string of the molecule is CCN1C(=O)C(NC(=O)CN(C)C)CCc2ccc([N+](=O)[O-])cc21. The topological polar surface area (TPSA) is 95.8 Å². The molecule has 1 N–H and O–H groups in total. The maximum absolute atomic E-state index is 12.8. The second-order valence-corrected chi connectivity index (χ2v) is 6.05. The number of nitrogens with one attached hydrogen (secondary N) is 1. The fourth-order valence-corrected chi connectivity index (χ4v) is 2.85. The lowest BCUT2D eigenvalue weighted by Gasteiger charge is -2.25. The Morgan fingerprint density at radius 1 is 1.46 bits per heavy atom. The van der Waals surface area contributed by atoms with Crippen molar-refractivity contribution in [1.82, 2.24) is 10.2 Å². The molecule has 0 bridgehead atoms. The Kier molecular flexibility index (Phi) is 5.50. The molecular weight excluding hydrogens is 312 g/mol. The average Bonchev–Trinajstić information content (AvgIpc) is 2.63. The van der Waals surface area contributed by atoms with Crippen LogP contribution in [0.3, 0.4) is 0 Å². The molecule has 2 amide bonds. The second kappa shape index (κ2) is 7.39. The van der Waals surface area contributed by atoms with Crippen LogP contribution in [0.5, 0.6) is 0 Å². The Morgan fingerprint density at radius 2 is 2.17 bits per heavy atom. The first-order valence-electron chi connectivity index (χ1n) is 7.86. The molecule has 1 unspecified atom stereocenters. The number of benzene rings is 1. The maximum Gasteiger partial charge on any atom is 0.271 e. The van der Waals surface area contributed by atoms with Gasteiger partial charge in [0.15, 0.2) is 0 Å². The molecular formula is C16H22N4O4. The van der Waals surface area contributed by atoms with Crippen LogP contribution < -0.4 is 10.2 Å². The van der Waals surface area contributed by atoms with E-state index in [1.165, 1.54) is 17.0 Å². The zero-order valence-corrected chi connectivity index (χ0v) is 14.1. The number of nitrogens with zero attached hydrogens (tertiary/aromatic N) is 3. The third-order valence-electron chi connectivity index (χ3n) is 3.95. The molecule has 0 fully saturated rings. The molecule has 1 aliphatic heterocycles. The van der Waals surface area contributed by atoms with Crippen LogP contribution >= 0.6 is 0 Å². The number of nitro benzene ring substituents is 1. The zero-order chi connectivity index (χ0) is 17.9. The van der Waals surface area contributed by atoms with Crippen molar-refractivity contribution in [3.8, 4) is 0 Å². The first kappa shape index (κ1) is 17.9. The summed E-state index contributed by atoms with van der Waals surface area (Å²) in [5.74, 6) is -0.449. The van der Waals surface area contributed by atoms with Crippen LogP contribution in [0.2, 0.25) is 0 Å². The third-order valence-corrected chi connectivity index (χ3v) is 3.95. The molecule has 1 aliphatic rings. The van der Waals surface area contributed by atoms with Crippen LogP contribution in [0, 0.1) is 10.1 Å². The minimum Gasteiger partial charge on any atom is -0.343 e. The summed E-state index contributed by atoms with van der Waals surface area (Å²) >= 11 is 0. The van der Waals surface area contributed by atoms with E-state index < -0.39 is 11.0 Å². The standard InChI is InChI=1S/C16H22N4O4/c1-4-19-14-9-12(20(23)24)7-5-11(14)6-8-13(16(19)22)17-15(21)10-18(2)3/h5,7,9,13H,4,6,8,10H2,1-3H3,(H,17,21). The number of nitro groups is 1. The molecule has 1 heterocycles. The zero-order valence-electron chi connectivity index (χ0n) is 14.1. The van der Waals surface area contributed by atoms with Crippen molar-refractivity contribution < 1.29 is 14.5 Å². The molecule has 2 rings (SSSR count). The molecule has 1 aromatic rings. The minimum atomic E-state index is -0.621. The predicted molar refractivity (Wildman–Crippen MR) is 89.9 cm³/mol. The average molecular weight is 334 g/mol. The van der Waals surface area contributed by atoms with Crippen LogP contribution in [0.4, 0.5) is 11.4 Å². The first-order chi connectivity index (χ1) is 11.3. The molecule has 1 aromatic carbocycles. The molecule has 24 heavy (non-hydrogen) atoms. The number of hydrogen-bond donors (Lipinski definition) is 1. The van der Waals surface area contributed by atoms with E-state index in [0.29, 0.717) is 25.1 Å². The maximum atomic E-state index is 12.8. The summed E-state index contributed by atoms with van der Waals surface area (Å²) in [7, 11) is 3.56. The van der Waals surface area contributed by atoms with Crippen molar-refractivity contribution in [1.29, 1.82) is 0 Å².